The molecular formula is C18H16F3N3O3S2. The van der Waals surface area contributed by atoms with Gasteiger partial charge in [-0.05, 0) is 44.0 Å². The largest absolute Gasteiger partial charge is 0.322 e. The fourth-order valence-corrected chi connectivity index (χ4v) is 5.71. The molecule has 3 rings (SSSR count). The van der Waals surface area contributed by atoms with E-state index in [1.807, 2.05) is 0 Å². The molecule has 0 saturated heterocycles. The van der Waals surface area contributed by atoms with Crippen LogP contribution >= 0.6 is 11.3 Å². The second-order valence-electron chi connectivity index (χ2n) is 6.87. The number of nitrogens with one attached hydrogen (secondary N) is 2. The van der Waals surface area contributed by atoms with E-state index in [2.05, 4.69) is 10.0 Å². The van der Waals surface area contributed by atoms with Crippen molar-refractivity contribution in [3.8, 4) is 6.07 Å². The Morgan fingerprint density at radius 2 is 1.97 bits per heavy atom. The smallest absolute Gasteiger partial charge is 0.264 e. The van der Waals surface area contributed by atoms with Crippen LogP contribution in [0.1, 0.15) is 40.6 Å². The van der Waals surface area contributed by atoms with Gasteiger partial charge in [0.1, 0.15) is 16.1 Å². The van der Waals surface area contributed by atoms with Gasteiger partial charge in [0.25, 0.3) is 21.9 Å². The van der Waals surface area contributed by atoms with E-state index in [0.29, 0.717) is 11.8 Å². The Labute approximate surface area is 169 Å². The van der Waals surface area contributed by atoms with E-state index in [1.165, 1.54) is 13.0 Å². The first-order valence-corrected chi connectivity index (χ1v) is 10.7. The van der Waals surface area contributed by atoms with Gasteiger partial charge in [-0.3, -0.25) is 4.79 Å². The maximum absolute atomic E-state index is 13.7. The van der Waals surface area contributed by atoms with E-state index < -0.39 is 33.2 Å². The summed E-state index contributed by atoms with van der Waals surface area (Å²) in [5.41, 5.74) is -1.86. The van der Waals surface area contributed by atoms with E-state index in [9.17, 15) is 26.4 Å². The fourth-order valence-electron chi connectivity index (χ4n) is 2.76. The third kappa shape index (κ3) is 4.14. The van der Waals surface area contributed by atoms with Crippen LogP contribution in [-0.2, 0) is 10.0 Å². The number of anilines is 1. The molecule has 0 unspecified atom stereocenters. The van der Waals surface area contributed by atoms with Crippen molar-refractivity contribution in [2.45, 2.75) is 42.4 Å². The molecule has 1 heterocycles. The van der Waals surface area contributed by atoms with Crippen LogP contribution in [0.2, 0.25) is 0 Å². The number of amides is 1. The van der Waals surface area contributed by atoms with Crippen LogP contribution in [0.5, 0.6) is 0 Å². The first-order chi connectivity index (χ1) is 13.4. The van der Waals surface area contributed by atoms with E-state index >= 15 is 0 Å². The van der Waals surface area contributed by atoms with Crippen LogP contribution in [0.25, 0.3) is 0 Å². The summed E-state index contributed by atoms with van der Waals surface area (Å²) >= 11 is 0.781. The number of aryl methyl sites for hydroxylation is 1. The van der Waals surface area contributed by atoms with Crippen molar-refractivity contribution < 1.29 is 26.4 Å². The molecule has 0 bridgehead atoms. The summed E-state index contributed by atoms with van der Waals surface area (Å²) in [6.07, 6.45) is 0.0540. The van der Waals surface area contributed by atoms with Crippen LogP contribution in [0.15, 0.2) is 28.5 Å². The van der Waals surface area contributed by atoms with Crippen molar-refractivity contribution in [2.75, 3.05) is 5.32 Å². The first kappa shape index (κ1) is 21.3. The molecule has 0 atom stereocenters. The molecule has 11 heteroatoms. The SMILES string of the molecule is Cc1sc(S(=O)(=O)NC2(C(C)(F)F)CC2)cc1C(=O)Nc1ccc(F)c(C#N)c1. The highest BCUT2D eigenvalue weighted by Crippen LogP contribution is 2.49. The van der Waals surface area contributed by atoms with Crippen LogP contribution in [0.4, 0.5) is 18.9 Å². The minimum Gasteiger partial charge on any atom is -0.322 e. The predicted molar refractivity (Wildman–Crippen MR) is 101 cm³/mol. The number of carbonyl (C=O) groups is 1. The molecule has 1 saturated carbocycles. The van der Waals surface area contributed by atoms with Gasteiger partial charge in [-0.2, -0.15) is 9.98 Å². The number of hydrogen-bond acceptors (Lipinski definition) is 5. The predicted octanol–water partition coefficient (Wildman–Crippen LogP) is 3.79. The molecule has 1 fully saturated rings. The van der Waals surface area contributed by atoms with Crippen molar-refractivity contribution >= 4 is 33.0 Å². The third-order valence-corrected chi connectivity index (χ3v) is 7.73. The number of alkyl halides is 2. The van der Waals surface area contributed by atoms with Crippen molar-refractivity contribution in [3.05, 3.63) is 46.1 Å². The van der Waals surface area contributed by atoms with Crippen LogP contribution in [0, 0.1) is 24.1 Å². The van der Waals surface area contributed by atoms with E-state index in [1.54, 1.807) is 6.07 Å². The van der Waals surface area contributed by atoms with Gasteiger partial charge in [-0.1, -0.05) is 0 Å². The van der Waals surface area contributed by atoms with Gasteiger partial charge in [0.2, 0.25) is 0 Å². The standard InChI is InChI=1S/C18H16F3N3O3S2/c1-10-13(16(25)23-12-3-4-14(19)11(7-12)9-22)8-15(28-10)29(26,27)24-18(5-6-18)17(2,20)21/h3-4,7-8,24H,5-6H2,1-2H3,(H,23,25). The van der Waals surface area contributed by atoms with Gasteiger partial charge in [0.05, 0.1) is 16.7 Å². The maximum atomic E-state index is 13.7. The highest BCUT2D eigenvalue weighted by molar-refractivity contribution is 7.91. The Bertz CT molecular complexity index is 1130. The molecule has 0 aliphatic heterocycles. The molecule has 6 nitrogen and oxygen atoms in total. The van der Waals surface area contributed by atoms with Crippen LogP contribution in [-0.4, -0.2) is 25.8 Å². The summed E-state index contributed by atoms with van der Waals surface area (Å²) in [5, 5.41) is 11.3. The zero-order valence-electron chi connectivity index (χ0n) is 15.3. The summed E-state index contributed by atoms with van der Waals surface area (Å²) in [4.78, 5) is 12.9. The Morgan fingerprint density at radius 3 is 2.52 bits per heavy atom. The number of rotatable bonds is 6. The van der Waals surface area contributed by atoms with E-state index in [-0.39, 0.29) is 33.9 Å². The number of nitriles is 1. The molecule has 2 aromatic rings. The molecule has 154 valence electrons. The summed E-state index contributed by atoms with van der Waals surface area (Å²) in [6, 6.07) is 6.19. The van der Waals surface area contributed by atoms with Gasteiger partial charge in [-0.15, -0.1) is 11.3 Å². The fraction of sp³-hybridized carbons (Fsp3) is 0.333. The number of sulfonamides is 1. The van der Waals surface area contributed by atoms with Gasteiger partial charge in [0.15, 0.2) is 0 Å². The molecule has 2 N–H and O–H groups in total. The van der Waals surface area contributed by atoms with E-state index in [0.717, 1.165) is 29.5 Å². The number of carbonyl (C=O) groups excluding carboxylic acids is 1. The highest BCUT2D eigenvalue weighted by atomic mass is 32.2. The first-order valence-electron chi connectivity index (χ1n) is 8.42. The number of nitrogens with zero attached hydrogens (tertiary/aromatic N) is 1. The van der Waals surface area contributed by atoms with Gasteiger partial charge in [0, 0.05) is 17.5 Å². The number of halogens is 3. The average Bonchev–Trinajstić information content (AvgIpc) is 3.29. The lowest BCUT2D eigenvalue weighted by atomic mass is 10.1. The quantitative estimate of drug-likeness (QED) is 0.710. The monoisotopic (exact) mass is 443 g/mol. The lowest BCUT2D eigenvalue weighted by Gasteiger charge is -2.23. The van der Waals surface area contributed by atoms with Crippen molar-refractivity contribution in [2.24, 2.45) is 0 Å². The Morgan fingerprint density at radius 1 is 1.31 bits per heavy atom. The molecule has 0 spiro atoms. The Balaban J connectivity index is 1.83. The summed E-state index contributed by atoms with van der Waals surface area (Å²) in [5.74, 6) is -4.62. The third-order valence-electron chi connectivity index (χ3n) is 4.67. The topological polar surface area (TPSA) is 99.1 Å². The molecule has 1 aliphatic carbocycles. The number of hydrogen-bond donors (Lipinski definition) is 2. The molecule has 29 heavy (non-hydrogen) atoms. The van der Waals surface area contributed by atoms with Gasteiger partial charge >= 0.3 is 0 Å². The van der Waals surface area contributed by atoms with Crippen molar-refractivity contribution in [3.63, 3.8) is 0 Å². The molecule has 1 amide bonds. The lowest BCUT2D eigenvalue weighted by Crippen LogP contribution is -2.48. The normalized spacial score (nSPS) is 15.6. The molecule has 1 aromatic heterocycles. The summed E-state index contributed by atoms with van der Waals surface area (Å²) in [6.45, 7) is 2.19. The number of benzene rings is 1. The van der Waals surface area contributed by atoms with Crippen LogP contribution in [0.3, 0.4) is 0 Å². The minimum absolute atomic E-state index is 0.0270. The second kappa shape index (κ2) is 7.12. The minimum atomic E-state index is -4.25. The lowest BCUT2D eigenvalue weighted by molar-refractivity contribution is -0.0221. The molecule has 1 aliphatic rings. The van der Waals surface area contributed by atoms with Gasteiger partial charge in [-0.25, -0.2) is 21.6 Å². The highest BCUT2D eigenvalue weighted by Gasteiger charge is 2.61. The summed E-state index contributed by atoms with van der Waals surface area (Å²) in [7, 11) is -4.25. The van der Waals surface area contributed by atoms with Crippen molar-refractivity contribution in [1.82, 2.24) is 4.72 Å². The average molecular weight is 443 g/mol. The second-order valence-corrected chi connectivity index (χ2v) is 10.0. The van der Waals surface area contributed by atoms with Gasteiger partial charge < -0.3 is 5.32 Å². The zero-order chi connectivity index (χ0) is 21.6. The Kier molecular flexibility index (Phi) is 5.23. The Hall–Kier alpha value is -2.42. The maximum Gasteiger partial charge on any atom is 0.264 e. The molecule has 0 radical (unpaired) electrons. The molecular weight excluding hydrogens is 427 g/mol. The van der Waals surface area contributed by atoms with Crippen molar-refractivity contribution in [1.29, 1.82) is 5.26 Å². The number of thiophene rings is 1. The molecule has 1 aromatic carbocycles. The zero-order valence-corrected chi connectivity index (χ0v) is 17.0. The van der Waals surface area contributed by atoms with Crippen LogP contribution < -0.4 is 10.0 Å². The summed E-state index contributed by atoms with van der Waals surface area (Å²) < 4.78 is 67.8. The van der Waals surface area contributed by atoms with E-state index in [4.69, 9.17) is 5.26 Å².